The molecule has 0 spiro atoms. The third-order valence-corrected chi connectivity index (χ3v) is 6.48. The van der Waals surface area contributed by atoms with Gasteiger partial charge in [-0.15, -0.1) is 22.7 Å². The second kappa shape index (κ2) is 6.72. The van der Waals surface area contributed by atoms with Crippen molar-refractivity contribution in [3.63, 3.8) is 0 Å². The summed E-state index contributed by atoms with van der Waals surface area (Å²) in [6, 6.07) is 3.86. The summed E-state index contributed by atoms with van der Waals surface area (Å²) in [5.41, 5.74) is 1.46. The van der Waals surface area contributed by atoms with Gasteiger partial charge in [0.05, 0.1) is 10.6 Å². The number of thiazole rings is 1. The molecule has 1 amide bonds. The highest BCUT2D eigenvalue weighted by molar-refractivity contribution is 7.16. The van der Waals surface area contributed by atoms with E-state index in [0.717, 1.165) is 29.3 Å². The lowest BCUT2D eigenvalue weighted by molar-refractivity contribution is 0.102. The predicted octanol–water partition coefficient (Wildman–Crippen LogP) is 4.94. The van der Waals surface area contributed by atoms with Crippen molar-refractivity contribution < 1.29 is 9.21 Å². The second-order valence-corrected chi connectivity index (χ2v) is 8.29. The van der Waals surface area contributed by atoms with Crippen LogP contribution in [0.1, 0.15) is 46.6 Å². The molecule has 130 valence electrons. The van der Waals surface area contributed by atoms with Crippen molar-refractivity contribution in [1.82, 2.24) is 9.97 Å². The summed E-state index contributed by atoms with van der Waals surface area (Å²) in [7, 11) is 0. The van der Waals surface area contributed by atoms with Crippen LogP contribution in [-0.4, -0.2) is 15.9 Å². The maximum absolute atomic E-state index is 12.6. The van der Waals surface area contributed by atoms with E-state index in [2.05, 4.69) is 22.2 Å². The molecular formula is C18H19N3O2S2. The maximum Gasteiger partial charge on any atom is 0.279 e. The summed E-state index contributed by atoms with van der Waals surface area (Å²) < 4.78 is 5.65. The number of thiophene rings is 1. The molecule has 5 nitrogen and oxygen atoms in total. The van der Waals surface area contributed by atoms with Crippen LogP contribution >= 0.6 is 22.7 Å². The van der Waals surface area contributed by atoms with Gasteiger partial charge in [-0.2, -0.15) is 0 Å². The van der Waals surface area contributed by atoms with Crippen molar-refractivity contribution in [2.24, 2.45) is 5.92 Å². The number of anilines is 1. The molecule has 3 heterocycles. The zero-order valence-corrected chi connectivity index (χ0v) is 15.8. The summed E-state index contributed by atoms with van der Waals surface area (Å²) in [6.45, 7) is 4.00. The molecule has 0 bridgehead atoms. The Balaban J connectivity index is 1.52. The van der Waals surface area contributed by atoms with Crippen LogP contribution in [0.2, 0.25) is 0 Å². The maximum atomic E-state index is 12.6. The molecule has 0 aliphatic heterocycles. The first-order chi connectivity index (χ1) is 12.1. The lowest BCUT2D eigenvalue weighted by Gasteiger charge is -2.18. The molecule has 0 fully saturated rings. The molecule has 1 atom stereocenters. The number of oxazole rings is 1. The van der Waals surface area contributed by atoms with Gasteiger partial charge >= 0.3 is 0 Å². The minimum Gasteiger partial charge on any atom is -0.440 e. The van der Waals surface area contributed by atoms with E-state index in [-0.39, 0.29) is 5.91 Å². The van der Waals surface area contributed by atoms with Gasteiger partial charge in [-0.05, 0) is 43.6 Å². The summed E-state index contributed by atoms with van der Waals surface area (Å²) in [4.78, 5) is 23.8. The molecule has 3 aromatic heterocycles. The topological polar surface area (TPSA) is 68.0 Å². The van der Waals surface area contributed by atoms with Gasteiger partial charge in [-0.25, -0.2) is 9.97 Å². The average Bonchev–Trinajstić information content (AvgIpc) is 3.32. The van der Waals surface area contributed by atoms with Crippen molar-refractivity contribution in [3.05, 3.63) is 39.5 Å². The van der Waals surface area contributed by atoms with Crippen LogP contribution in [-0.2, 0) is 12.8 Å². The summed E-state index contributed by atoms with van der Waals surface area (Å²) >= 11 is 3.12. The molecule has 4 rings (SSSR count). The van der Waals surface area contributed by atoms with Crippen LogP contribution in [0.4, 0.5) is 5.13 Å². The summed E-state index contributed by atoms with van der Waals surface area (Å²) in [5.74, 6) is 1.49. The molecule has 7 heteroatoms. The number of carbonyl (C=O) groups is 1. The third-order valence-electron chi connectivity index (χ3n) is 4.58. The Hall–Kier alpha value is -1.99. The number of amides is 1. The Kier molecular flexibility index (Phi) is 4.43. The Bertz CT molecular complexity index is 896. The highest BCUT2D eigenvalue weighted by Gasteiger charge is 2.24. The smallest absolute Gasteiger partial charge is 0.279 e. The van der Waals surface area contributed by atoms with E-state index in [1.807, 2.05) is 17.5 Å². The fourth-order valence-electron chi connectivity index (χ4n) is 3.11. The van der Waals surface area contributed by atoms with Crippen molar-refractivity contribution in [3.8, 4) is 10.8 Å². The minimum absolute atomic E-state index is 0.262. The van der Waals surface area contributed by atoms with Crippen molar-refractivity contribution in [2.45, 2.75) is 39.5 Å². The monoisotopic (exact) mass is 373 g/mol. The molecular weight excluding hydrogens is 354 g/mol. The molecule has 0 saturated carbocycles. The Morgan fingerprint density at radius 1 is 1.44 bits per heavy atom. The van der Waals surface area contributed by atoms with E-state index in [0.29, 0.717) is 22.5 Å². The molecule has 1 aliphatic carbocycles. The first-order valence-corrected chi connectivity index (χ1v) is 10.1. The normalized spacial score (nSPS) is 16.6. The van der Waals surface area contributed by atoms with Gasteiger partial charge in [0.15, 0.2) is 10.8 Å². The fourth-order valence-corrected chi connectivity index (χ4v) is 4.88. The Morgan fingerprint density at radius 2 is 2.32 bits per heavy atom. The van der Waals surface area contributed by atoms with Crippen LogP contribution in [0.25, 0.3) is 10.8 Å². The number of aryl methyl sites for hydroxylation is 2. The van der Waals surface area contributed by atoms with Crippen LogP contribution in [0, 0.1) is 12.8 Å². The zero-order chi connectivity index (χ0) is 17.4. The average molecular weight is 374 g/mol. The number of fused-ring (bicyclic) bond motifs is 1. The van der Waals surface area contributed by atoms with E-state index < -0.39 is 0 Å². The fraction of sp³-hybridized carbons (Fsp3) is 0.389. The molecule has 0 radical (unpaired) electrons. The van der Waals surface area contributed by atoms with E-state index in [1.165, 1.54) is 29.1 Å². The van der Waals surface area contributed by atoms with Crippen LogP contribution in [0.15, 0.2) is 21.9 Å². The zero-order valence-electron chi connectivity index (χ0n) is 14.2. The molecule has 25 heavy (non-hydrogen) atoms. The van der Waals surface area contributed by atoms with Gasteiger partial charge in [0.25, 0.3) is 5.91 Å². The number of carbonyl (C=O) groups excluding carboxylic acids is 1. The number of nitrogens with one attached hydrogen (secondary N) is 1. The van der Waals surface area contributed by atoms with Gasteiger partial charge < -0.3 is 4.42 Å². The van der Waals surface area contributed by atoms with E-state index in [4.69, 9.17) is 4.42 Å². The van der Waals surface area contributed by atoms with Crippen LogP contribution in [0.5, 0.6) is 0 Å². The summed E-state index contributed by atoms with van der Waals surface area (Å²) in [6.07, 6.45) is 4.46. The number of hydrogen-bond acceptors (Lipinski definition) is 6. The SMILES string of the molecule is CCC1CCc2nc(NC(=O)c3nc(-c4cccs4)oc3C)sc2C1. The molecule has 3 aromatic rings. The van der Waals surface area contributed by atoms with Crippen LogP contribution < -0.4 is 5.32 Å². The predicted molar refractivity (Wildman–Crippen MR) is 100 cm³/mol. The number of hydrogen-bond donors (Lipinski definition) is 1. The molecule has 1 N–H and O–H groups in total. The van der Waals surface area contributed by atoms with Gasteiger partial charge in [0.1, 0.15) is 5.76 Å². The van der Waals surface area contributed by atoms with E-state index in [9.17, 15) is 4.79 Å². The Labute approximate surface area is 154 Å². The van der Waals surface area contributed by atoms with Gasteiger partial charge in [-0.3, -0.25) is 10.1 Å². The molecule has 0 saturated heterocycles. The van der Waals surface area contributed by atoms with Crippen molar-refractivity contribution in [1.29, 1.82) is 0 Å². The third kappa shape index (κ3) is 3.26. The lowest BCUT2D eigenvalue weighted by Crippen LogP contribution is -2.13. The van der Waals surface area contributed by atoms with Crippen molar-refractivity contribution >= 4 is 33.7 Å². The Morgan fingerprint density at radius 3 is 3.08 bits per heavy atom. The number of rotatable bonds is 4. The molecule has 1 aliphatic rings. The number of nitrogens with zero attached hydrogens (tertiary/aromatic N) is 2. The summed E-state index contributed by atoms with van der Waals surface area (Å²) in [5, 5.41) is 5.51. The molecule has 1 unspecified atom stereocenters. The number of aromatic nitrogens is 2. The minimum atomic E-state index is -0.262. The molecule has 0 aromatic carbocycles. The van der Waals surface area contributed by atoms with Gasteiger partial charge in [0, 0.05) is 4.88 Å². The van der Waals surface area contributed by atoms with Crippen LogP contribution in [0.3, 0.4) is 0 Å². The van der Waals surface area contributed by atoms with E-state index >= 15 is 0 Å². The van der Waals surface area contributed by atoms with Gasteiger partial charge in [-0.1, -0.05) is 19.4 Å². The largest absolute Gasteiger partial charge is 0.440 e. The quantitative estimate of drug-likeness (QED) is 0.704. The van der Waals surface area contributed by atoms with Crippen molar-refractivity contribution in [2.75, 3.05) is 5.32 Å². The van der Waals surface area contributed by atoms with E-state index in [1.54, 1.807) is 18.3 Å². The van der Waals surface area contributed by atoms with Gasteiger partial charge in [0.2, 0.25) is 5.89 Å². The lowest BCUT2D eigenvalue weighted by atomic mass is 9.89. The first-order valence-electron chi connectivity index (χ1n) is 8.45. The second-order valence-electron chi connectivity index (χ2n) is 6.26. The highest BCUT2D eigenvalue weighted by Crippen LogP contribution is 2.34. The first kappa shape index (κ1) is 16.5. The highest BCUT2D eigenvalue weighted by atomic mass is 32.1. The standard InChI is InChI=1S/C18H19N3O2S2/c1-3-11-6-7-12-14(9-11)25-18(19-12)21-16(22)15-10(2)23-17(20-15)13-5-4-8-24-13/h4-5,8,11H,3,6-7,9H2,1-2H3,(H,19,21,22).